The first-order valence-electron chi connectivity index (χ1n) is 9.32. The molecule has 1 saturated carbocycles. The molecule has 7 heteroatoms. The molecular formula is C21H26N2O4S. The Morgan fingerprint density at radius 1 is 1.11 bits per heavy atom. The van der Waals surface area contributed by atoms with Crippen LogP contribution < -0.4 is 14.8 Å². The Morgan fingerprint density at radius 2 is 1.82 bits per heavy atom. The third-order valence-corrected chi connectivity index (χ3v) is 6.80. The highest BCUT2D eigenvalue weighted by Gasteiger charge is 2.37. The molecule has 150 valence electrons. The maximum absolute atomic E-state index is 13.1. The maximum Gasteiger partial charge on any atom is 0.252 e. The molecule has 0 radical (unpaired) electrons. The fourth-order valence-electron chi connectivity index (χ4n) is 3.83. The molecule has 0 atom stereocenters. The summed E-state index contributed by atoms with van der Waals surface area (Å²) in [4.78, 5) is 13.0. The van der Waals surface area contributed by atoms with Crippen LogP contribution in [0, 0.1) is 6.92 Å². The summed E-state index contributed by atoms with van der Waals surface area (Å²) in [6, 6.07) is 12.6. The van der Waals surface area contributed by atoms with Gasteiger partial charge in [0.15, 0.2) is 0 Å². The van der Waals surface area contributed by atoms with Gasteiger partial charge in [-0.2, -0.15) is 0 Å². The van der Waals surface area contributed by atoms with E-state index in [1.807, 2.05) is 25.1 Å². The number of hydrogen-bond acceptors (Lipinski definition) is 4. The molecule has 0 unspecified atom stereocenters. The first-order valence-corrected chi connectivity index (χ1v) is 10.8. The van der Waals surface area contributed by atoms with Gasteiger partial charge in [0.1, 0.15) is 10.6 Å². The summed E-state index contributed by atoms with van der Waals surface area (Å²) < 4.78 is 32.0. The van der Waals surface area contributed by atoms with Gasteiger partial charge in [0.25, 0.3) is 5.91 Å². The van der Waals surface area contributed by atoms with E-state index < -0.39 is 15.6 Å². The Kier molecular flexibility index (Phi) is 5.76. The molecule has 6 nitrogen and oxygen atoms in total. The van der Waals surface area contributed by atoms with Gasteiger partial charge in [0.2, 0.25) is 10.0 Å². The van der Waals surface area contributed by atoms with Crippen LogP contribution in [0.4, 0.5) is 0 Å². The minimum absolute atomic E-state index is 0.0545. The quantitative estimate of drug-likeness (QED) is 0.778. The van der Waals surface area contributed by atoms with Gasteiger partial charge in [0, 0.05) is 5.56 Å². The van der Waals surface area contributed by atoms with Crippen LogP contribution in [0.25, 0.3) is 0 Å². The molecule has 2 aromatic rings. The number of aryl methyl sites for hydroxylation is 1. The number of carbonyl (C=O) groups excluding carboxylic acids is 1. The first kappa shape index (κ1) is 20.4. The summed E-state index contributed by atoms with van der Waals surface area (Å²) in [5.41, 5.74) is 2.10. The third kappa shape index (κ3) is 3.91. The van der Waals surface area contributed by atoms with Gasteiger partial charge in [-0.25, -0.2) is 13.1 Å². The molecule has 28 heavy (non-hydrogen) atoms. The van der Waals surface area contributed by atoms with E-state index in [0.29, 0.717) is 0 Å². The monoisotopic (exact) mass is 402 g/mol. The van der Waals surface area contributed by atoms with Gasteiger partial charge < -0.3 is 10.1 Å². The number of carbonyl (C=O) groups is 1. The predicted molar refractivity (Wildman–Crippen MR) is 108 cm³/mol. The molecule has 1 aliphatic carbocycles. The van der Waals surface area contributed by atoms with Crippen molar-refractivity contribution in [2.75, 3.05) is 14.2 Å². The molecule has 0 bridgehead atoms. The average molecular weight is 403 g/mol. The van der Waals surface area contributed by atoms with E-state index in [1.165, 1.54) is 26.3 Å². The van der Waals surface area contributed by atoms with Gasteiger partial charge >= 0.3 is 0 Å². The summed E-state index contributed by atoms with van der Waals surface area (Å²) in [7, 11) is -1.03. The van der Waals surface area contributed by atoms with Crippen molar-refractivity contribution < 1.29 is 17.9 Å². The van der Waals surface area contributed by atoms with E-state index in [4.69, 9.17) is 4.74 Å². The lowest BCUT2D eigenvalue weighted by Crippen LogP contribution is -2.43. The van der Waals surface area contributed by atoms with Gasteiger partial charge in [-0.1, -0.05) is 42.7 Å². The van der Waals surface area contributed by atoms with Crippen LogP contribution in [0.1, 0.15) is 47.2 Å². The number of benzene rings is 2. The van der Waals surface area contributed by atoms with Crippen molar-refractivity contribution in [2.24, 2.45) is 0 Å². The zero-order valence-corrected chi connectivity index (χ0v) is 17.2. The van der Waals surface area contributed by atoms with Crippen LogP contribution in [0.3, 0.4) is 0 Å². The van der Waals surface area contributed by atoms with Crippen molar-refractivity contribution in [1.29, 1.82) is 0 Å². The van der Waals surface area contributed by atoms with Crippen molar-refractivity contribution in [1.82, 2.24) is 10.0 Å². The van der Waals surface area contributed by atoms with E-state index in [9.17, 15) is 13.2 Å². The minimum Gasteiger partial charge on any atom is -0.495 e. The highest BCUT2D eigenvalue weighted by Crippen LogP contribution is 2.39. The summed E-state index contributed by atoms with van der Waals surface area (Å²) >= 11 is 0. The largest absolute Gasteiger partial charge is 0.495 e. The SMILES string of the molecule is CNS(=O)(=O)c1cc(C(=O)NC2(c3cccc(C)c3)CCCC2)ccc1OC. The Balaban J connectivity index is 1.96. The van der Waals surface area contributed by atoms with Crippen LogP contribution in [0.15, 0.2) is 47.4 Å². The van der Waals surface area contributed by atoms with Crippen molar-refractivity contribution >= 4 is 15.9 Å². The van der Waals surface area contributed by atoms with E-state index in [0.717, 1.165) is 36.8 Å². The molecule has 3 rings (SSSR count). The molecule has 0 heterocycles. The van der Waals surface area contributed by atoms with Gasteiger partial charge in [-0.15, -0.1) is 0 Å². The van der Waals surface area contributed by atoms with Crippen molar-refractivity contribution in [3.05, 3.63) is 59.2 Å². The molecule has 1 amide bonds. The maximum atomic E-state index is 13.1. The van der Waals surface area contributed by atoms with Crippen LogP contribution in [-0.2, 0) is 15.6 Å². The number of rotatable bonds is 6. The zero-order valence-electron chi connectivity index (χ0n) is 16.4. The zero-order chi connectivity index (χ0) is 20.4. The normalized spacial score (nSPS) is 16.0. The number of sulfonamides is 1. The Morgan fingerprint density at radius 3 is 2.43 bits per heavy atom. The first-order chi connectivity index (χ1) is 13.3. The molecule has 0 aromatic heterocycles. The van der Waals surface area contributed by atoms with Gasteiger partial charge in [-0.05, 0) is 50.6 Å². The molecule has 1 aliphatic rings. The van der Waals surface area contributed by atoms with E-state index >= 15 is 0 Å². The Hall–Kier alpha value is -2.38. The topological polar surface area (TPSA) is 84.5 Å². The number of ether oxygens (including phenoxy) is 1. The number of nitrogens with one attached hydrogen (secondary N) is 2. The Labute approximate surface area is 166 Å². The van der Waals surface area contributed by atoms with Crippen molar-refractivity contribution in [2.45, 2.75) is 43.0 Å². The molecular weight excluding hydrogens is 376 g/mol. The lowest BCUT2D eigenvalue weighted by atomic mass is 9.87. The van der Waals surface area contributed by atoms with Crippen LogP contribution in [0.5, 0.6) is 5.75 Å². The molecule has 0 aliphatic heterocycles. The summed E-state index contributed by atoms with van der Waals surface area (Å²) in [5.74, 6) is -0.0984. The minimum atomic E-state index is -3.75. The lowest BCUT2D eigenvalue weighted by molar-refractivity contribution is 0.0898. The smallest absolute Gasteiger partial charge is 0.252 e. The predicted octanol–water partition coefficient (Wildman–Crippen LogP) is 3.11. The highest BCUT2D eigenvalue weighted by atomic mass is 32.2. The fourth-order valence-corrected chi connectivity index (χ4v) is 4.75. The summed E-state index contributed by atoms with van der Waals surface area (Å²) in [5, 5.41) is 3.19. The highest BCUT2D eigenvalue weighted by molar-refractivity contribution is 7.89. The van der Waals surface area contributed by atoms with Gasteiger partial charge in [0.05, 0.1) is 12.6 Å². The summed E-state index contributed by atoms with van der Waals surface area (Å²) in [6.07, 6.45) is 3.80. The van der Waals surface area contributed by atoms with E-state index in [1.54, 1.807) is 6.07 Å². The molecule has 2 aromatic carbocycles. The number of hydrogen-bond donors (Lipinski definition) is 2. The average Bonchev–Trinajstić information content (AvgIpc) is 3.17. The van der Waals surface area contributed by atoms with Gasteiger partial charge in [-0.3, -0.25) is 4.79 Å². The van der Waals surface area contributed by atoms with Crippen LogP contribution in [0.2, 0.25) is 0 Å². The molecule has 0 saturated heterocycles. The van der Waals surface area contributed by atoms with Crippen LogP contribution >= 0.6 is 0 Å². The number of methoxy groups -OCH3 is 1. The lowest BCUT2D eigenvalue weighted by Gasteiger charge is -2.31. The van der Waals surface area contributed by atoms with Crippen molar-refractivity contribution in [3.8, 4) is 5.75 Å². The second-order valence-electron chi connectivity index (χ2n) is 7.19. The summed E-state index contributed by atoms with van der Waals surface area (Å²) in [6.45, 7) is 2.03. The molecule has 0 spiro atoms. The fraction of sp³-hybridized carbons (Fsp3) is 0.381. The second-order valence-corrected chi connectivity index (χ2v) is 9.04. The third-order valence-electron chi connectivity index (χ3n) is 5.36. The standard InChI is InChI=1S/C21H26N2O4S/c1-15-7-6-8-17(13-15)21(11-4-5-12-21)23-20(24)16-9-10-18(27-3)19(14-16)28(25,26)22-2/h6-10,13-14,22H,4-5,11-12H2,1-3H3,(H,23,24). The van der Waals surface area contributed by atoms with Crippen LogP contribution in [-0.4, -0.2) is 28.5 Å². The molecule has 2 N–H and O–H groups in total. The Bertz CT molecular complexity index is 980. The van der Waals surface area contributed by atoms with E-state index in [-0.39, 0.29) is 22.1 Å². The number of amides is 1. The molecule has 1 fully saturated rings. The van der Waals surface area contributed by atoms with Crippen molar-refractivity contribution in [3.63, 3.8) is 0 Å². The second kappa shape index (κ2) is 7.93. The van der Waals surface area contributed by atoms with E-state index in [2.05, 4.69) is 16.1 Å².